The zero-order valence-corrected chi connectivity index (χ0v) is 10.1. The summed E-state index contributed by atoms with van der Waals surface area (Å²) in [5, 5.41) is 11.8. The molecule has 0 N–H and O–H groups in total. The van der Waals surface area contributed by atoms with Crippen LogP contribution in [0.5, 0.6) is 0 Å². The van der Waals surface area contributed by atoms with E-state index in [1.54, 1.807) is 18.3 Å². The van der Waals surface area contributed by atoms with Crippen molar-refractivity contribution in [2.75, 3.05) is 0 Å². The first kappa shape index (κ1) is 10.9. The lowest BCUT2D eigenvalue weighted by atomic mass is 10.2. The van der Waals surface area contributed by atoms with Gasteiger partial charge in [-0.3, -0.25) is 0 Å². The van der Waals surface area contributed by atoms with Crippen LogP contribution in [0.4, 0.5) is 5.69 Å². The highest BCUT2D eigenvalue weighted by molar-refractivity contribution is 9.10. The molecule has 2 aromatic rings. The summed E-state index contributed by atoms with van der Waals surface area (Å²) >= 11 is 3.40. The van der Waals surface area contributed by atoms with Crippen molar-refractivity contribution in [1.82, 2.24) is 0 Å². The standard InChI is InChI=1S/C13H10BrNO/c14-13-9-5-4-6-11(13)10-15(16)12-7-2-1-3-8-12/h1-10H/b15-10+. The average Bonchev–Trinajstić information content (AvgIpc) is 2.33. The Bertz CT molecular complexity index is 508. The predicted octanol–water partition coefficient (Wildman–Crippen LogP) is 3.71. The third kappa shape index (κ3) is 2.49. The van der Waals surface area contributed by atoms with Crippen molar-refractivity contribution in [2.45, 2.75) is 0 Å². The molecule has 2 rings (SSSR count). The molecule has 3 heteroatoms. The van der Waals surface area contributed by atoms with Gasteiger partial charge in [0.05, 0.1) is 5.56 Å². The first-order valence-corrected chi connectivity index (χ1v) is 5.67. The van der Waals surface area contributed by atoms with Crippen molar-refractivity contribution in [2.24, 2.45) is 0 Å². The lowest BCUT2D eigenvalue weighted by molar-refractivity contribution is -0.354. The Morgan fingerprint density at radius 3 is 2.25 bits per heavy atom. The fourth-order valence-electron chi connectivity index (χ4n) is 1.36. The molecule has 0 bridgehead atoms. The molecule has 0 spiro atoms. The van der Waals surface area contributed by atoms with E-state index in [4.69, 9.17) is 0 Å². The van der Waals surface area contributed by atoms with Gasteiger partial charge >= 0.3 is 0 Å². The number of hydrogen-bond acceptors (Lipinski definition) is 1. The van der Waals surface area contributed by atoms with Crippen molar-refractivity contribution < 1.29 is 4.74 Å². The SMILES string of the molecule is [O-]/[N+](=C/c1ccccc1Br)c1ccccc1. The van der Waals surface area contributed by atoms with Gasteiger partial charge in [-0.25, -0.2) is 0 Å². The van der Waals surface area contributed by atoms with E-state index in [9.17, 15) is 5.21 Å². The van der Waals surface area contributed by atoms with Crippen LogP contribution in [0.2, 0.25) is 0 Å². The Morgan fingerprint density at radius 1 is 0.938 bits per heavy atom. The van der Waals surface area contributed by atoms with E-state index in [-0.39, 0.29) is 0 Å². The van der Waals surface area contributed by atoms with Crippen molar-refractivity contribution in [3.63, 3.8) is 0 Å². The van der Waals surface area contributed by atoms with Gasteiger partial charge in [0.15, 0.2) is 6.21 Å². The maximum atomic E-state index is 11.8. The Kier molecular flexibility index (Phi) is 3.37. The minimum absolute atomic E-state index is 0.623. The van der Waals surface area contributed by atoms with Gasteiger partial charge in [-0.15, -0.1) is 0 Å². The molecule has 2 aromatic carbocycles. The van der Waals surface area contributed by atoms with E-state index < -0.39 is 0 Å². The largest absolute Gasteiger partial charge is 0.618 e. The minimum Gasteiger partial charge on any atom is -0.618 e. The van der Waals surface area contributed by atoms with Gasteiger partial charge in [0.25, 0.3) is 0 Å². The molecule has 2 nitrogen and oxygen atoms in total. The molecule has 0 saturated heterocycles. The van der Waals surface area contributed by atoms with Gasteiger partial charge < -0.3 is 5.21 Å². The van der Waals surface area contributed by atoms with E-state index in [1.165, 1.54) is 0 Å². The number of halogens is 1. The maximum absolute atomic E-state index is 11.8. The molecule has 0 amide bonds. The molecule has 0 aliphatic heterocycles. The van der Waals surface area contributed by atoms with Gasteiger partial charge in [0.1, 0.15) is 0 Å². The van der Waals surface area contributed by atoms with E-state index in [1.807, 2.05) is 42.5 Å². The van der Waals surface area contributed by atoms with Gasteiger partial charge in [0, 0.05) is 16.6 Å². The van der Waals surface area contributed by atoms with Crippen molar-refractivity contribution in [3.8, 4) is 0 Å². The first-order valence-electron chi connectivity index (χ1n) is 4.88. The predicted molar refractivity (Wildman–Crippen MR) is 69.0 cm³/mol. The Morgan fingerprint density at radius 2 is 1.56 bits per heavy atom. The van der Waals surface area contributed by atoms with Crippen molar-refractivity contribution >= 4 is 27.8 Å². The monoisotopic (exact) mass is 275 g/mol. The molecule has 80 valence electrons. The summed E-state index contributed by atoms with van der Waals surface area (Å²) in [6.07, 6.45) is 1.55. The minimum atomic E-state index is 0.623. The van der Waals surface area contributed by atoms with Crippen LogP contribution < -0.4 is 0 Å². The second kappa shape index (κ2) is 4.94. The molecule has 0 aliphatic rings. The fourth-order valence-corrected chi connectivity index (χ4v) is 1.74. The summed E-state index contributed by atoms with van der Waals surface area (Å²) < 4.78 is 1.77. The van der Waals surface area contributed by atoms with Crippen LogP contribution in [0.15, 0.2) is 59.1 Å². The number of rotatable bonds is 2. The molecule has 0 atom stereocenters. The van der Waals surface area contributed by atoms with E-state index >= 15 is 0 Å². The van der Waals surface area contributed by atoms with E-state index in [0.717, 1.165) is 14.8 Å². The molecule has 0 aliphatic carbocycles. The third-order valence-corrected chi connectivity index (χ3v) is 2.89. The third-order valence-electron chi connectivity index (χ3n) is 2.17. The van der Waals surface area contributed by atoms with Crippen molar-refractivity contribution in [3.05, 3.63) is 69.8 Å². The van der Waals surface area contributed by atoms with Gasteiger partial charge in [-0.05, 0) is 28.1 Å². The van der Waals surface area contributed by atoms with E-state index in [2.05, 4.69) is 15.9 Å². The lowest BCUT2D eigenvalue weighted by Gasteiger charge is -2.03. The second-order valence-electron chi connectivity index (χ2n) is 3.31. The summed E-state index contributed by atoms with van der Waals surface area (Å²) in [7, 11) is 0. The van der Waals surface area contributed by atoms with Crippen LogP contribution in [0.3, 0.4) is 0 Å². The molecule has 16 heavy (non-hydrogen) atoms. The van der Waals surface area contributed by atoms with Crippen LogP contribution in [-0.4, -0.2) is 11.0 Å². The molecule has 0 heterocycles. The maximum Gasteiger partial charge on any atom is 0.216 e. The second-order valence-corrected chi connectivity index (χ2v) is 4.17. The van der Waals surface area contributed by atoms with Gasteiger partial charge in [-0.2, -0.15) is 4.74 Å². The summed E-state index contributed by atoms with van der Waals surface area (Å²) in [6.45, 7) is 0. The van der Waals surface area contributed by atoms with Crippen LogP contribution >= 0.6 is 15.9 Å². The topological polar surface area (TPSA) is 26.1 Å². The number of nitrogens with zero attached hydrogens (tertiary/aromatic N) is 1. The van der Waals surface area contributed by atoms with Crippen LogP contribution in [0.1, 0.15) is 5.56 Å². The van der Waals surface area contributed by atoms with Crippen molar-refractivity contribution in [1.29, 1.82) is 0 Å². The molecule has 0 saturated carbocycles. The molecule has 0 fully saturated rings. The summed E-state index contributed by atoms with van der Waals surface area (Å²) in [5.41, 5.74) is 1.49. The molecular formula is C13H10BrNO. The quantitative estimate of drug-likeness (QED) is 0.355. The van der Waals surface area contributed by atoms with Crippen LogP contribution in [0, 0.1) is 5.21 Å². The summed E-state index contributed by atoms with van der Waals surface area (Å²) in [5.74, 6) is 0. The normalized spacial score (nSPS) is 11.4. The van der Waals surface area contributed by atoms with Crippen LogP contribution in [-0.2, 0) is 0 Å². The Balaban J connectivity index is 2.36. The fraction of sp³-hybridized carbons (Fsp3) is 0. The highest BCUT2D eigenvalue weighted by Gasteiger charge is 2.02. The molecular weight excluding hydrogens is 266 g/mol. The highest BCUT2D eigenvalue weighted by atomic mass is 79.9. The zero-order valence-electron chi connectivity index (χ0n) is 8.51. The number of hydrogen-bond donors (Lipinski definition) is 0. The summed E-state index contributed by atoms with van der Waals surface area (Å²) in [6, 6.07) is 16.7. The average molecular weight is 276 g/mol. The molecule has 0 aromatic heterocycles. The summed E-state index contributed by atoms with van der Waals surface area (Å²) in [4.78, 5) is 0. The number of para-hydroxylation sites is 1. The van der Waals surface area contributed by atoms with Gasteiger partial charge in [0.2, 0.25) is 5.69 Å². The zero-order chi connectivity index (χ0) is 11.4. The molecule has 0 radical (unpaired) electrons. The van der Waals surface area contributed by atoms with Crippen LogP contribution in [0.25, 0.3) is 0 Å². The van der Waals surface area contributed by atoms with E-state index in [0.29, 0.717) is 5.69 Å². The Hall–Kier alpha value is -1.61. The first-order chi connectivity index (χ1) is 7.77. The Labute approximate surface area is 103 Å². The smallest absolute Gasteiger partial charge is 0.216 e. The highest BCUT2D eigenvalue weighted by Crippen LogP contribution is 2.15. The van der Waals surface area contributed by atoms with Gasteiger partial charge in [-0.1, -0.05) is 30.3 Å². The number of benzene rings is 2. The lowest BCUT2D eigenvalue weighted by Crippen LogP contribution is -1.98. The molecule has 0 unspecified atom stereocenters.